The van der Waals surface area contributed by atoms with E-state index < -0.39 is 0 Å². The number of H-pyrrole nitrogens is 1. The molecule has 1 saturated heterocycles. The number of anilines is 1. The summed E-state index contributed by atoms with van der Waals surface area (Å²) in [7, 11) is 2.08. The third kappa shape index (κ3) is 4.04. The van der Waals surface area contributed by atoms with E-state index in [9.17, 15) is 4.79 Å². The van der Waals surface area contributed by atoms with E-state index in [1.54, 1.807) is 0 Å². The molecule has 0 spiro atoms. The number of hydrogen-bond donors (Lipinski definition) is 2. The standard InChI is InChI=1S/C13H22N4O2/c1-9(2)13-15-11(6-12(18)16-13)14-7-10-8-17(3)4-5-19-10/h6,9-10H,4-5,7-8H2,1-3H3,(H2,14,15,16,18). The molecule has 1 aliphatic rings. The van der Waals surface area contributed by atoms with E-state index in [0.717, 1.165) is 19.7 Å². The second-order valence-electron chi connectivity index (χ2n) is 5.31. The third-order valence-corrected chi connectivity index (χ3v) is 3.16. The number of nitrogens with zero attached hydrogens (tertiary/aromatic N) is 2. The normalized spacial score (nSPS) is 20.7. The van der Waals surface area contributed by atoms with E-state index in [4.69, 9.17) is 4.74 Å². The van der Waals surface area contributed by atoms with Crippen LogP contribution in [0.4, 0.5) is 5.82 Å². The van der Waals surface area contributed by atoms with Gasteiger partial charge in [-0.15, -0.1) is 0 Å². The summed E-state index contributed by atoms with van der Waals surface area (Å²) < 4.78 is 5.66. The lowest BCUT2D eigenvalue weighted by Crippen LogP contribution is -2.43. The Balaban J connectivity index is 1.97. The van der Waals surface area contributed by atoms with Gasteiger partial charge in [0.1, 0.15) is 11.6 Å². The Morgan fingerprint density at radius 1 is 1.63 bits per heavy atom. The van der Waals surface area contributed by atoms with Crippen LogP contribution in [0.2, 0.25) is 0 Å². The molecule has 2 N–H and O–H groups in total. The van der Waals surface area contributed by atoms with Crippen molar-refractivity contribution in [2.45, 2.75) is 25.9 Å². The molecule has 0 aromatic carbocycles. The van der Waals surface area contributed by atoms with Gasteiger partial charge in [0.05, 0.1) is 12.7 Å². The van der Waals surface area contributed by atoms with Crippen molar-refractivity contribution in [1.29, 1.82) is 0 Å². The number of aromatic amines is 1. The van der Waals surface area contributed by atoms with Crippen molar-refractivity contribution < 1.29 is 4.74 Å². The van der Waals surface area contributed by atoms with Crippen molar-refractivity contribution in [3.63, 3.8) is 0 Å². The highest BCUT2D eigenvalue weighted by molar-refractivity contribution is 5.33. The van der Waals surface area contributed by atoms with Crippen LogP contribution in [0.3, 0.4) is 0 Å². The average molecular weight is 266 g/mol. The molecule has 2 heterocycles. The Hall–Kier alpha value is -1.40. The Morgan fingerprint density at radius 3 is 3.11 bits per heavy atom. The van der Waals surface area contributed by atoms with Crippen LogP contribution in [-0.4, -0.2) is 54.3 Å². The lowest BCUT2D eigenvalue weighted by Gasteiger charge is -2.30. The molecule has 1 aromatic rings. The summed E-state index contributed by atoms with van der Waals surface area (Å²) in [6.07, 6.45) is 0.141. The first kappa shape index (κ1) is 14.0. The highest BCUT2D eigenvalue weighted by Crippen LogP contribution is 2.10. The van der Waals surface area contributed by atoms with Gasteiger partial charge in [-0.3, -0.25) is 4.79 Å². The van der Waals surface area contributed by atoms with Gasteiger partial charge in [0.15, 0.2) is 0 Å². The second-order valence-corrected chi connectivity index (χ2v) is 5.31. The molecule has 0 radical (unpaired) electrons. The molecule has 0 saturated carbocycles. The fourth-order valence-electron chi connectivity index (χ4n) is 2.05. The molecule has 6 heteroatoms. The molecular weight excluding hydrogens is 244 g/mol. The summed E-state index contributed by atoms with van der Waals surface area (Å²) in [5, 5.41) is 3.19. The molecule has 2 rings (SSSR count). The van der Waals surface area contributed by atoms with Gasteiger partial charge in [0.2, 0.25) is 0 Å². The quantitative estimate of drug-likeness (QED) is 0.836. The lowest BCUT2D eigenvalue weighted by atomic mass is 10.2. The summed E-state index contributed by atoms with van der Waals surface area (Å²) in [6, 6.07) is 1.48. The van der Waals surface area contributed by atoms with Gasteiger partial charge in [0.25, 0.3) is 5.56 Å². The van der Waals surface area contributed by atoms with Crippen molar-refractivity contribution in [3.05, 3.63) is 22.2 Å². The van der Waals surface area contributed by atoms with E-state index in [2.05, 4.69) is 27.2 Å². The van der Waals surface area contributed by atoms with Gasteiger partial charge in [-0.1, -0.05) is 13.8 Å². The smallest absolute Gasteiger partial charge is 0.252 e. The largest absolute Gasteiger partial charge is 0.374 e. The minimum absolute atomic E-state index is 0.122. The molecule has 106 valence electrons. The predicted molar refractivity (Wildman–Crippen MR) is 74.7 cm³/mol. The Bertz CT molecular complexity index is 472. The maximum atomic E-state index is 11.5. The maximum Gasteiger partial charge on any atom is 0.252 e. The topological polar surface area (TPSA) is 70.2 Å². The van der Waals surface area contributed by atoms with Crippen molar-refractivity contribution >= 4 is 5.82 Å². The van der Waals surface area contributed by atoms with Gasteiger partial charge >= 0.3 is 0 Å². The zero-order valence-electron chi connectivity index (χ0n) is 11.8. The number of aromatic nitrogens is 2. The first-order valence-electron chi connectivity index (χ1n) is 6.70. The summed E-state index contributed by atoms with van der Waals surface area (Å²) >= 11 is 0. The summed E-state index contributed by atoms with van der Waals surface area (Å²) in [5.41, 5.74) is -0.122. The molecule has 19 heavy (non-hydrogen) atoms. The molecule has 1 fully saturated rings. The molecule has 1 aromatic heterocycles. The van der Waals surface area contributed by atoms with E-state index in [1.165, 1.54) is 6.07 Å². The van der Waals surface area contributed by atoms with E-state index >= 15 is 0 Å². The molecule has 0 amide bonds. The maximum absolute atomic E-state index is 11.5. The van der Waals surface area contributed by atoms with Gasteiger partial charge < -0.3 is 19.9 Å². The van der Waals surface area contributed by atoms with Crippen molar-refractivity contribution in [2.75, 3.05) is 38.6 Å². The van der Waals surface area contributed by atoms with E-state index in [-0.39, 0.29) is 17.6 Å². The van der Waals surface area contributed by atoms with Crippen molar-refractivity contribution in [2.24, 2.45) is 0 Å². The van der Waals surface area contributed by atoms with Crippen LogP contribution in [0.15, 0.2) is 10.9 Å². The van der Waals surface area contributed by atoms with Crippen LogP contribution in [-0.2, 0) is 4.74 Å². The number of ether oxygens (including phenoxy) is 1. The van der Waals surface area contributed by atoms with Crippen LogP contribution in [0.5, 0.6) is 0 Å². The van der Waals surface area contributed by atoms with Gasteiger partial charge in [-0.25, -0.2) is 4.98 Å². The first-order valence-corrected chi connectivity index (χ1v) is 6.70. The Labute approximate surface area is 113 Å². The minimum Gasteiger partial charge on any atom is -0.374 e. The summed E-state index contributed by atoms with van der Waals surface area (Å²) in [6.45, 7) is 7.29. The average Bonchev–Trinajstić information content (AvgIpc) is 2.36. The molecule has 0 bridgehead atoms. The number of likely N-dealkylation sites (N-methyl/N-ethyl adjacent to an activating group) is 1. The number of morpholine rings is 1. The fourth-order valence-corrected chi connectivity index (χ4v) is 2.05. The molecule has 0 aliphatic carbocycles. The zero-order chi connectivity index (χ0) is 13.8. The van der Waals surface area contributed by atoms with Crippen LogP contribution >= 0.6 is 0 Å². The molecule has 1 unspecified atom stereocenters. The molecular formula is C13H22N4O2. The van der Waals surface area contributed by atoms with Crippen LogP contribution in [0.25, 0.3) is 0 Å². The predicted octanol–water partition coefficient (Wildman–Crippen LogP) is 0.636. The van der Waals surface area contributed by atoms with Crippen LogP contribution in [0.1, 0.15) is 25.6 Å². The van der Waals surface area contributed by atoms with E-state index in [0.29, 0.717) is 18.2 Å². The second kappa shape index (κ2) is 6.16. The van der Waals surface area contributed by atoms with Crippen molar-refractivity contribution in [3.8, 4) is 0 Å². The highest BCUT2D eigenvalue weighted by Gasteiger charge is 2.17. The van der Waals surface area contributed by atoms with Gasteiger partial charge in [-0.2, -0.15) is 0 Å². The third-order valence-electron chi connectivity index (χ3n) is 3.16. The number of nitrogens with one attached hydrogen (secondary N) is 2. The van der Waals surface area contributed by atoms with Gasteiger partial charge in [-0.05, 0) is 7.05 Å². The lowest BCUT2D eigenvalue weighted by molar-refractivity contribution is -0.0117. The Kier molecular flexibility index (Phi) is 4.55. The van der Waals surface area contributed by atoms with Gasteiger partial charge in [0, 0.05) is 31.6 Å². The van der Waals surface area contributed by atoms with Crippen molar-refractivity contribution in [1.82, 2.24) is 14.9 Å². The minimum atomic E-state index is -0.122. The monoisotopic (exact) mass is 266 g/mol. The van der Waals surface area contributed by atoms with Crippen LogP contribution in [0, 0.1) is 0 Å². The number of hydrogen-bond acceptors (Lipinski definition) is 5. The van der Waals surface area contributed by atoms with Crippen LogP contribution < -0.4 is 10.9 Å². The molecule has 1 aliphatic heterocycles. The SMILES string of the molecule is CC(C)c1nc(NCC2CN(C)CCO2)cc(=O)[nH]1. The molecule has 6 nitrogen and oxygen atoms in total. The number of rotatable bonds is 4. The molecule has 1 atom stereocenters. The first-order chi connectivity index (χ1) is 9.04. The fraction of sp³-hybridized carbons (Fsp3) is 0.692. The Morgan fingerprint density at radius 2 is 2.42 bits per heavy atom. The summed E-state index contributed by atoms with van der Waals surface area (Å²) in [5.74, 6) is 1.52. The zero-order valence-corrected chi connectivity index (χ0v) is 11.8. The summed E-state index contributed by atoms with van der Waals surface area (Å²) in [4.78, 5) is 20.9. The van der Waals surface area contributed by atoms with E-state index in [1.807, 2.05) is 13.8 Å². The highest BCUT2D eigenvalue weighted by atomic mass is 16.5.